The van der Waals surface area contributed by atoms with Gasteiger partial charge >= 0.3 is 0 Å². The van der Waals surface area contributed by atoms with Crippen LogP contribution in [0.25, 0.3) is 0 Å². The van der Waals surface area contributed by atoms with Gasteiger partial charge in [0.05, 0.1) is 12.6 Å². The van der Waals surface area contributed by atoms with Gasteiger partial charge in [0.15, 0.2) is 5.79 Å². The van der Waals surface area contributed by atoms with Crippen molar-refractivity contribution in [3.05, 3.63) is 0 Å². The van der Waals surface area contributed by atoms with Crippen molar-refractivity contribution in [2.75, 3.05) is 13.7 Å². The van der Waals surface area contributed by atoms with E-state index in [0.29, 0.717) is 6.42 Å². The van der Waals surface area contributed by atoms with Crippen LogP contribution in [0.5, 0.6) is 0 Å². The van der Waals surface area contributed by atoms with Gasteiger partial charge in [-0.1, -0.05) is 64.7 Å². The Morgan fingerprint density at radius 3 is 1.92 bits per heavy atom. The van der Waals surface area contributed by atoms with E-state index in [1.54, 1.807) is 0 Å². The van der Waals surface area contributed by atoms with Crippen molar-refractivity contribution in [3.63, 3.8) is 0 Å². The molecule has 6 heteroatoms. The number of rotatable bonds is 13. The van der Waals surface area contributed by atoms with E-state index < -0.39 is 30.1 Å². The van der Waals surface area contributed by atoms with Crippen molar-refractivity contribution in [1.82, 2.24) is 0 Å². The number of hydrogen-bond acceptors (Lipinski definition) is 6. The normalized spacial score (nSPS) is 32.9. The molecule has 0 amide bonds. The highest BCUT2D eigenvalue weighted by Crippen LogP contribution is 2.34. The molecule has 1 fully saturated rings. The van der Waals surface area contributed by atoms with E-state index in [2.05, 4.69) is 6.92 Å². The van der Waals surface area contributed by atoms with Gasteiger partial charge in [0.2, 0.25) is 0 Å². The highest BCUT2D eigenvalue weighted by Gasteiger charge is 2.52. The van der Waals surface area contributed by atoms with Gasteiger partial charge in [-0.2, -0.15) is 0 Å². The van der Waals surface area contributed by atoms with Crippen LogP contribution in [0.15, 0.2) is 0 Å². The average molecular weight is 362 g/mol. The second kappa shape index (κ2) is 12.2. The standard InChI is InChI=1S/C19H39NO5/c1-3-4-5-6-7-8-9-10-11-12-13-19(24-2)18(20)17(23)16(22)15(14-21)25-19/h15-18,21-23H,3-14,20H2,1-2H3/t15-,16-,17+,18-,19?/m1/s1. The first-order valence-corrected chi connectivity index (χ1v) is 9.98. The quantitative estimate of drug-likeness (QED) is 0.374. The first kappa shape index (κ1) is 22.8. The molecule has 0 saturated carbocycles. The minimum atomic E-state index is -1.20. The molecule has 1 rings (SSSR count). The van der Waals surface area contributed by atoms with Crippen LogP contribution in [0, 0.1) is 0 Å². The number of nitrogens with two attached hydrogens (primary N) is 1. The molecule has 1 aliphatic rings. The summed E-state index contributed by atoms with van der Waals surface area (Å²) in [4.78, 5) is 0. The van der Waals surface area contributed by atoms with E-state index in [1.807, 2.05) is 0 Å². The summed E-state index contributed by atoms with van der Waals surface area (Å²) in [6.45, 7) is 1.85. The van der Waals surface area contributed by atoms with Gasteiger partial charge in [-0.25, -0.2) is 0 Å². The lowest BCUT2D eigenvalue weighted by Crippen LogP contribution is -2.69. The van der Waals surface area contributed by atoms with Gasteiger partial charge in [0.25, 0.3) is 0 Å². The first-order chi connectivity index (χ1) is 12.0. The lowest BCUT2D eigenvalue weighted by Gasteiger charge is -2.48. The Kier molecular flexibility index (Phi) is 11.1. The molecular weight excluding hydrogens is 322 g/mol. The van der Waals surface area contributed by atoms with Gasteiger partial charge < -0.3 is 30.5 Å². The van der Waals surface area contributed by atoms with Crippen molar-refractivity contribution < 1.29 is 24.8 Å². The molecule has 0 radical (unpaired) electrons. The number of methoxy groups -OCH3 is 1. The van der Waals surface area contributed by atoms with Crippen LogP contribution in [-0.2, 0) is 9.47 Å². The third-order valence-corrected chi connectivity index (χ3v) is 5.36. The highest BCUT2D eigenvalue weighted by atomic mass is 16.7. The van der Waals surface area contributed by atoms with Crippen molar-refractivity contribution in [2.45, 2.75) is 108 Å². The van der Waals surface area contributed by atoms with Crippen LogP contribution in [0.2, 0.25) is 0 Å². The van der Waals surface area contributed by atoms with E-state index in [-0.39, 0.29) is 6.61 Å². The highest BCUT2D eigenvalue weighted by molar-refractivity contribution is 4.99. The lowest BCUT2D eigenvalue weighted by atomic mass is 9.87. The lowest BCUT2D eigenvalue weighted by molar-refractivity contribution is -0.326. The van der Waals surface area contributed by atoms with Crippen LogP contribution >= 0.6 is 0 Å². The predicted molar refractivity (Wildman–Crippen MR) is 98.1 cm³/mol. The van der Waals surface area contributed by atoms with E-state index in [1.165, 1.54) is 52.1 Å². The zero-order chi connectivity index (χ0) is 18.7. The molecule has 1 saturated heterocycles. The van der Waals surface area contributed by atoms with Crippen molar-refractivity contribution in [3.8, 4) is 0 Å². The van der Waals surface area contributed by atoms with Crippen molar-refractivity contribution >= 4 is 0 Å². The Morgan fingerprint density at radius 1 is 0.920 bits per heavy atom. The number of hydrogen-bond donors (Lipinski definition) is 4. The Morgan fingerprint density at radius 2 is 1.44 bits per heavy atom. The number of aliphatic hydroxyl groups is 3. The smallest absolute Gasteiger partial charge is 0.186 e. The summed E-state index contributed by atoms with van der Waals surface area (Å²) in [5.74, 6) is -1.15. The topological polar surface area (TPSA) is 105 Å². The average Bonchev–Trinajstić information content (AvgIpc) is 2.63. The van der Waals surface area contributed by atoms with Gasteiger partial charge in [-0.05, 0) is 6.42 Å². The van der Waals surface area contributed by atoms with E-state index >= 15 is 0 Å². The minimum Gasteiger partial charge on any atom is -0.394 e. The molecule has 150 valence electrons. The molecule has 0 aromatic heterocycles. The molecule has 0 bridgehead atoms. The molecule has 5 atom stereocenters. The minimum absolute atomic E-state index is 0.381. The second-order valence-corrected chi connectivity index (χ2v) is 7.29. The molecule has 1 aliphatic heterocycles. The Bertz CT molecular complexity index is 342. The van der Waals surface area contributed by atoms with Gasteiger partial charge in [-0.15, -0.1) is 0 Å². The third-order valence-electron chi connectivity index (χ3n) is 5.36. The maximum absolute atomic E-state index is 10.1. The fourth-order valence-corrected chi connectivity index (χ4v) is 3.61. The van der Waals surface area contributed by atoms with Gasteiger partial charge in [-0.3, -0.25) is 0 Å². The molecule has 5 N–H and O–H groups in total. The number of ether oxygens (including phenoxy) is 2. The van der Waals surface area contributed by atoms with Crippen LogP contribution in [0.3, 0.4) is 0 Å². The molecule has 0 aromatic rings. The predicted octanol–water partition coefficient (Wildman–Crippen LogP) is 2.08. The molecule has 1 heterocycles. The summed E-state index contributed by atoms with van der Waals surface area (Å²) in [6, 6.07) is -0.839. The Labute approximate surface area is 152 Å². The summed E-state index contributed by atoms with van der Waals surface area (Å²) in [6.07, 6.45) is 9.54. The van der Waals surface area contributed by atoms with Crippen LogP contribution in [0.1, 0.15) is 77.6 Å². The van der Waals surface area contributed by atoms with E-state index in [0.717, 1.165) is 19.3 Å². The summed E-state index contributed by atoms with van der Waals surface area (Å²) < 4.78 is 11.2. The summed E-state index contributed by atoms with van der Waals surface area (Å²) in [5.41, 5.74) is 6.05. The van der Waals surface area contributed by atoms with Crippen LogP contribution < -0.4 is 5.73 Å². The Hall–Kier alpha value is -0.240. The first-order valence-electron chi connectivity index (χ1n) is 9.98. The third kappa shape index (κ3) is 6.77. The molecule has 0 spiro atoms. The van der Waals surface area contributed by atoms with E-state index in [4.69, 9.17) is 15.2 Å². The van der Waals surface area contributed by atoms with Gasteiger partial charge in [0, 0.05) is 13.5 Å². The molecule has 0 aromatic carbocycles. The van der Waals surface area contributed by atoms with E-state index in [9.17, 15) is 15.3 Å². The summed E-state index contributed by atoms with van der Waals surface area (Å²) >= 11 is 0. The largest absolute Gasteiger partial charge is 0.394 e. The molecular formula is C19H39NO5. The van der Waals surface area contributed by atoms with Crippen molar-refractivity contribution in [1.29, 1.82) is 0 Å². The zero-order valence-electron chi connectivity index (χ0n) is 16.0. The van der Waals surface area contributed by atoms with Crippen LogP contribution in [-0.4, -0.2) is 59.2 Å². The Balaban J connectivity index is 2.28. The summed E-state index contributed by atoms with van der Waals surface area (Å²) in [7, 11) is 1.50. The SMILES string of the molecule is CCCCCCCCCCCCC1(OC)O[C@H](CO)[C@@H](O)[C@H](O)[C@H]1N. The maximum Gasteiger partial charge on any atom is 0.186 e. The zero-order valence-corrected chi connectivity index (χ0v) is 16.0. The summed E-state index contributed by atoms with van der Waals surface area (Å²) in [5, 5.41) is 29.4. The number of unbranched alkanes of at least 4 members (excludes halogenated alkanes) is 9. The fourth-order valence-electron chi connectivity index (χ4n) is 3.61. The fraction of sp³-hybridized carbons (Fsp3) is 1.00. The molecule has 1 unspecified atom stereocenters. The second-order valence-electron chi connectivity index (χ2n) is 7.29. The molecule has 6 nitrogen and oxygen atoms in total. The monoisotopic (exact) mass is 361 g/mol. The van der Waals surface area contributed by atoms with Crippen molar-refractivity contribution in [2.24, 2.45) is 5.73 Å². The number of aliphatic hydroxyl groups excluding tert-OH is 3. The molecule has 0 aliphatic carbocycles. The van der Waals surface area contributed by atoms with Gasteiger partial charge in [0.1, 0.15) is 18.3 Å². The maximum atomic E-state index is 10.1. The van der Waals surface area contributed by atoms with Crippen LogP contribution in [0.4, 0.5) is 0 Å². The molecule has 25 heavy (non-hydrogen) atoms.